The van der Waals surface area contributed by atoms with Gasteiger partial charge in [0.05, 0.1) is 31.9 Å². The molecule has 0 radical (unpaired) electrons. The van der Waals surface area contributed by atoms with Gasteiger partial charge in [-0.3, -0.25) is 0 Å². The molecule has 1 aromatic heterocycles. The number of ether oxygens (including phenoxy) is 3. The maximum absolute atomic E-state index is 13.4. The van der Waals surface area contributed by atoms with Crippen LogP contribution in [0.25, 0.3) is 11.4 Å². The minimum Gasteiger partial charge on any atom is -0.496 e. The highest BCUT2D eigenvalue weighted by atomic mass is 19.1. The molecule has 0 spiro atoms. The zero-order chi connectivity index (χ0) is 16.0. The Hall–Kier alpha value is -1.96. The second-order valence-electron chi connectivity index (χ2n) is 5.73. The topological polar surface area (TPSA) is 65.7 Å². The lowest BCUT2D eigenvalue weighted by Gasteiger charge is -2.20. The Morgan fingerprint density at radius 3 is 2.96 bits per heavy atom. The minimum absolute atomic E-state index is 0.0931. The summed E-state index contributed by atoms with van der Waals surface area (Å²) in [5, 5.41) is 9.88. The van der Waals surface area contributed by atoms with Gasteiger partial charge in [-0.2, -0.15) is 0 Å². The Morgan fingerprint density at radius 2 is 2.13 bits per heavy atom. The average molecular weight is 320 g/mol. The minimum atomic E-state index is -0.600. The average Bonchev–Trinajstić information content (AvgIpc) is 3.25. The van der Waals surface area contributed by atoms with Crippen molar-refractivity contribution in [3.8, 4) is 17.1 Å². The molecule has 1 aromatic carbocycles. The lowest BCUT2D eigenvalue weighted by atomic mass is 10.1. The highest BCUT2D eigenvalue weighted by Gasteiger charge is 2.48. The molecule has 2 aliphatic heterocycles. The fraction of sp³-hybridized carbons (Fsp3) is 0.438. The summed E-state index contributed by atoms with van der Waals surface area (Å²) < 4.78 is 32.0. The van der Waals surface area contributed by atoms with Crippen molar-refractivity contribution in [2.75, 3.05) is 20.3 Å². The second-order valence-corrected chi connectivity index (χ2v) is 5.73. The van der Waals surface area contributed by atoms with Crippen LogP contribution in [0, 0.1) is 5.82 Å². The standard InChI is InChI=1S/C16H17FN2O4/c1-21-13-6-9(17)2-3-10(13)16-18-4-5-19(16)11-7-22-15-12(20)8-23-14(11)15/h2-6,11-12,14-15,20H,7-8H2,1H3/t11-,12+,14+,15+/m0/s1. The van der Waals surface area contributed by atoms with E-state index in [9.17, 15) is 9.50 Å². The fourth-order valence-corrected chi connectivity index (χ4v) is 3.34. The monoisotopic (exact) mass is 320 g/mol. The first-order valence-corrected chi connectivity index (χ1v) is 7.47. The summed E-state index contributed by atoms with van der Waals surface area (Å²) >= 11 is 0. The highest BCUT2D eigenvalue weighted by Crippen LogP contribution is 2.38. The van der Waals surface area contributed by atoms with Crippen LogP contribution in [0.2, 0.25) is 0 Å². The molecule has 2 aromatic rings. The molecule has 23 heavy (non-hydrogen) atoms. The van der Waals surface area contributed by atoms with Crippen LogP contribution in [-0.2, 0) is 9.47 Å². The lowest BCUT2D eigenvalue weighted by Crippen LogP contribution is -2.30. The first kappa shape index (κ1) is 14.6. The van der Waals surface area contributed by atoms with Crippen molar-refractivity contribution < 1.29 is 23.7 Å². The molecular formula is C16H17FN2O4. The number of hydrogen-bond acceptors (Lipinski definition) is 5. The predicted octanol–water partition coefficient (Wildman–Crippen LogP) is 1.40. The van der Waals surface area contributed by atoms with E-state index in [0.29, 0.717) is 23.7 Å². The summed E-state index contributed by atoms with van der Waals surface area (Å²) in [4.78, 5) is 4.39. The maximum atomic E-state index is 13.4. The zero-order valence-electron chi connectivity index (χ0n) is 12.6. The number of aromatic nitrogens is 2. The van der Waals surface area contributed by atoms with Crippen molar-refractivity contribution in [1.82, 2.24) is 9.55 Å². The zero-order valence-corrected chi connectivity index (χ0v) is 12.6. The van der Waals surface area contributed by atoms with E-state index in [-0.39, 0.29) is 30.7 Å². The van der Waals surface area contributed by atoms with Gasteiger partial charge in [-0.25, -0.2) is 9.37 Å². The number of methoxy groups -OCH3 is 1. The molecule has 7 heteroatoms. The molecule has 2 saturated heterocycles. The summed E-state index contributed by atoms with van der Waals surface area (Å²) in [7, 11) is 1.50. The van der Waals surface area contributed by atoms with Crippen LogP contribution in [0.15, 0.2) is 30.6 Å². The molecule has 6 nitrogen and oxygen atoms in total. The van der Waals surface area contributed by atoms with Crippen LogP contribution in [0.3, 0.4) is 0 Å². The number of fused-ring (bicyclic) bond motifs is 1. The van der Waals surface area contributed by atoms with E-state index in [2.05, 4.69) is 4.98 Å². The van der Waals surface area contributed by atoms with Gasteiger partial charge < -0.3 is 23.9 Å². The van der Waals surface area contributed by atoms with Gasteiger partial charge in [0, 0.05) is 18.5 Å². The van der Waals surface area contributed by atoms with E-state index in [1.54, 1.807) is 12.3 Å². The molecule has 122 valence electrons. The van der Waals surface area contributed by atoms with Crippen molar-refractivity contribution in [1.29, 1.82) is 0 Å². The van der Waals surface area contributed by atoms with Crippen molar-refractivity contribution in [2.45, 2.75) is 24.4 Å². The Labute approximate surface area is 132 Å². The predicted molar refractivity (Wildman–Crippen MR) is 78.7 cm³/mol. The van der Waals surface area contributed by atoms with E-state index >= 15 is 0 Å². The molecular weight excluding hydrogens is 303 g/mol. The third kappa shape index (κ3) is 2.32. The van der Waals surface area contributed by atoms with Gasteiger partial charge in [-0.15, -0.1) is 0 Å². The van der Waals surface area contributed by atoms with Crippen LogP contribution in [0.5, 0.6) is 5.75 Å². The highest BCUT2D eigenvalue weighted by molar-refractivity contribution is 5.64. The van der Waals surface area contributed by atoms with Crippen molar-refractivity contribution in [2.24, 2.45) is 0 Å². The molecule has 3 heterocycles. The van der Waals surface area contributed by atoms with Crippen molar-refractivity contribution in [3.05, 3.63) is 36.4 Å². The Bertz CT molecular complexity index is 720. The van der Waals surface area contributed by atoms with E-state index in [4.69, 9.17) is 14.2 Å². The van der Waals surface area contributed by atoms with E-state index in [0.717, 1.165) is 0 Å². The van der Waals surface area contributed by atoms with Gasteiger partial charge in [0.2, 0.25) is 0 Å². The van der Waals surface area contributed by atoms with Crippen LogP contribution in [0.1, 0.15) is 6.04 Å². The molecule has 0 bridgehead atoms. The van der Waals surface area contributed by atoms with Gasteiger partial charge in [0.15, 0.2) is 0 Å². The van der Waals surface area contributed by atoms with Gasteiger partial charge in [-0.1, -0.05) is 0 Å². The summed E-state index contributed by atoms with van der Waals surface area (Å²) in [6.45, 7) is 0.703. The summed E-state index contributed by atoms with van der Waals surface area (Å²) in [6, 6.07) is 4.26. The van der Waals surface area contributed by atoms with Gasteiger partial charge in [-0.05, 0) is 12.1 Å². The number of imidazole rings is 1. The number of benzene rings is 1. The second kappa shape index (κ2) is 5.59. The molecule has 0 unspecified atom stereocenters. The van der Waals surface area contributed by atoms with Crippen molar-refractivity contribution >= 4 is 0 Å². The number of rotatable bonds is 3. The molecule has 4 rings (SSSR count). The third-order valence-electron chi connectivity index (χ3n) is 4.43. The van der Waals surface area contributed by atoms with Gasteiger partial charge in [0.25, 0.3) is 0 Å². The van der Waals surface area contributed by atoms with Crippen molar-refractivity contribution in [3.63, 3.8) is 0 Å². The van der Waals surface area contributed by atoms with E-state index < -0.39 is 6.10 Å². The van der Waals surface area contributed by atoms with E-state index in [1.807, 2.05) is 10.8 Å². The Morgan fingerprint density at radius 1 is 1.30 bits per heavy atom. The maximum Gasteiger partial charge on any atom is 0.144 e. The number of aliphatic hydroxyl groups is 1. The summed E-state index contributed by atoms with van der Waals surface area (Å²) in [5.74, 6) is 0.705. The third-order valence-corrected chi connectivity index (χ3v) is 4.43. The van der Waals surface area contributed by atoms with Crippen LogP contribution < -0.4 is 4.74 Å². The molecule has 2 fully saturated rings. The summed E-state index contributed by atoms with van der Waals surface area (Å²) in [5.41, 5.74) is 0.695. The quantitative estimate of drug-likeness (QED) is 0.926. The normalized spacial score (nSPS) is 29.7. The summed E-state index contributed by atoms with van der Waals surface area (Å²) in [6.07, 6.45) is 2.38. The Kier molecular flexibility index (Phi) is 3.56. The van der Waals surface area contributed by atoms with E-state index in [1.165, 1.54) is 19.2 Å². The molecule has 0 aliphatic carbocycles. The van der Waals surface area contributed by atoms with Crippen LogP contribution in [0.4, 0.5) is 4.39 Å². The molecule has 2 aliphatic rings. The smallest absolute Gasteiger partial charge is 0.144 e. The number of halogens is 1. The van der Waals surface area contributed by atoms with Gasteiger partial charge in [0.1, 0.15) is 35.7 Å². The number of aliphatic hydroxyl groups excluding tert-OH is 1. The first-order valence-electron chi connectivity index (χ1n) is 7.47. The fourth-order valence-electron chi connectivity index (χ4n) is 3.34. The van der Waals surface area contributed by atoms with Crippen LogP contribution in [-0.4, -0.2) is 53.3 Å². The molecule has 4 atom stereocenters. The Balaban J connectivity index is 1.72. The lowest BCUT2D eigenvalue weighted by molar-refractivity contribution is 0.0172. The largest absolute Gasteiger partial charge is 0.496 e. The SMILES string of the molecule is COc1cc(F)ccc1-c1nccn1[C@H]1CO[C@H]2[C@@H]1OC[C@H]2O. The molecule has 0 saturated carbocycles. The molecule has 1 N–H and O–H groups in total. The number of hydrogen-bond donors (Lipinski definition) is 1. The van der Waals surface area contributed by atoms with Crippen LogP contribution >= 0.6 is 0 Å². The number of nitrogens with zero attached hydrogens (tertiary/aromatic N) is 2. The van der Waals surface area contributed by atoms with Gasteiger partial charge >= 0.3 is 0 Å². The first-order chi connectivity index (χ1) is 11.2. The molecule has 0 amide bonds.